The Morgan fingerprint density at radius 1 is 0.704 bits per heavy atom. The van der Waals surface area contributed by atoms with Crippen LogP contribution in [0.1, 0.15) is 115 Å². The lowest BCUT2D eigenvalue weighted by Crippen LogP contribution is -2.25. The molecule has 2 saturated carbocycles. The molecule has 0 aromatic heterocycles. The molecule has 1 aromatic carbocycles. The first-order chi connectivity index (χ1) is 13.3. The van der Waals surface area contributed by atoms with Gasteiger partial charge in [-0.2, -0.15) is 0 Å². The number of unbranched alkanes of at least 4 members (excludes halogenated alkanes) is 5. The molecule has 0 radical (unpaired) electrons. The third kappa shape index (κ3) is 6.54. The summed E-state index contributed by atoms with van der Waals surface area (Å²) in [6, 6.07) is 8.67. The molecule has 0 aliphatic heterocycles. The van der Waals surface area contributed by atoms with Crippen molar-refractivity contribution in [3.8, 4) is 0 Å². The Morgan fingerprint density at radius 3 is 1.89 bits per heavy atom. The van der Waals surface area contributed by atoms with Gasteiger partial charge in [-0.3, -0.25) is 0 Å². The predicted molar refractivity (Wildman–Crippen MR) is 119 cm³/mol. The largest absolute Gasteiger partial charge is 0.399 e. The van der Waals surface area contributed by atoms with Crippen LogP contribution in [0.5, 0.6) is 0 Å². The van der Waals surface area contributed by atoms with Gasteiger partial charge in [-0.05, 0) is 79.9 Å². The van der Waals surface area contributed by atoms with Crippen LogP contribution in [-0.2, 0) is 0 Å². The summed E-state index contributed by atoms with van der Waals surface area (Å²) in [5.41, 5.74) is 8.26. The minimum Gasteiger partial charge on any atom is -0.399 e. The van der Waals surface area contributed by atoms with Crippen LogP contribution in [0.3, 0.4) is 0 Å². The second-order valence-electron chi connectivity index (χ2n) is 9.62. The summed E-state index contributed by atoms with van der Waals surface area (Å²) < 4.78 is 0. The first-order valence-corrected chi connectivity index (χ1v) is 12.1. The van der Waals surface area contributed by atoms with E-state index in [2.05, 4.69) is 31.2 Å². The van der Waals surface area contributed by atoms with E-state index in [1.54, 1.807) is 0 Å². The van der Waals surface area contributed by atoms with E-state index in [1.165, 1.54) is 102 Å². The van der Waals surface area contributed by atoms with Crippen molar-refractivity contribution in [1.29, 1.82) is 0 Å². The van der Waals surface area contributed by atoms with E-state index in [9.17, 15) is 0 Å². The first-order valence-electron chi connectivity index (χ1n) is 12.1. The van der Waals surface area contributed by atoms with Gasteiger partial charge in [0.05, 0.1) is 0 Å². The van der Waals surface area contributed by atoms with E-state index in [-0.39, 0.29) is 0 Å². The number of benzene rings is 1. The normalized spacial score (nSPS) is 28.9. The number of anilines is 1. The number of hydrogen-bond acceptors (Lipinski definition) is 1. The van der Waals surface area contributed by atoms with Crippen molar-refractivity contribution in [3.63, 3.8) is 0 Å². The van der Waals surface area contributed by atoms with Crippen LogP contribution in [0.2, 0.25) is 0 Å². The maximum Gasteiger partial charge on any atom is 0.0314 e. The number of nitrogens with two attached hydrogens (primary N) is 1. The fourth-order valence-electron chi connectivity index (χ4n) is 5.85. The average Bonchev–Trinajstić information content (AvgIpc) is 2.72. The van der Waals surface area contributed by atoms with Crippen LogP contribution in [-0.4, -0.2) is 0 Å². The summed E-state index contributed by atoms with van der Waals surface area (Å²) in [5.74, 6) is 3.90. The molecule has 2 aliphatic carbocycles. The Balaban J connectivity index is 1.31. The maximum atomic E-state index is 5.84. The summed E-state index contributed by atoms with van der Waals surface area (Å²) in [6.45, 7) is 2.31. The minimum absolute atomic E-state index is 0.783. The van der Waals surface area contributed by atoms with Crippen molar-refractivity contribution in [2.24, 2.45) is 17.8 Å². The molecule has 2 aliphatic rings. The van der Waals surface area contributed by atoms with E-state index < -0.39 is 0 Å². The van der Waals surface area contributed by atoms with Gasteiger partial charge in [-0.1, -0.05) is 76.8 Å². The first kappa shape index (κ1) is 20.7. The Bertz CT molecular complexity index is 504. The second kappa shape index (κ2) is 11.1. The summed E-state index contributed by atoms with van der Waals surface area (Å²) >= 11 is 0. The van der Waals surface area contributed by atoms with Gasteiger partial charge >= 0.3 is 0 Å². The van der Waals surface area contributed by atoms with Crippen molar-refractivity contribution in [3.05, 3.63) is 29.8 Å². The van der Waals surface area contributed by atoms with Crippen molar-refractivity contribution in [2.75, 3.05) is 5.73 Å². The molecule has 152 valence electrons. The minimum atomic E-state index is 0.783. The van der Waals surface area contributed by atoms with Gasteiger partial charge in [0.2, 0.25) is 0 Å². The van der Waals surface area contributed by atoms with Gasteiger partial charge in [0, 0.05) is 5.69 Å². The molecule has 0 heterocycles. The predicted octanol–water partition coefficient (Wildman–Crippen LogP) is 8.10. The molecule has 1 heteroatoms. The second-order valence-corrected chi connectivity index (χ2v) is 9.62. The van der Waals surface area contributed by atoms with Gasteiger partial charge in [0.1, 0.15) is 0 Å². The number of hydrogen-bond donors (Lipinski definition) is 1. The van der Waals surface area contributed by atoms with Crippen LogP contribution < -0.4 is 5.73 Å². The number of nitrogen functional groups attached to an aromatic ring is 1. The van der Waals surface area contributed by atoms with E-state index in [4.69, 9.17) is 5.73 Å². The van der Waals surface area contributed by atoms with Crippen LogP contribution in [0.4, 0.5) is 5.69 Å². The number of rotatable bonds is 9. The van der Waals surface area contributed by atoms with Crippen molar-refractivity contribution in [1.82, 2.24) is 0 Å². The van der Waals surface area contributed by atoms with E-state index in [1.807, 2.05) is 0 Å². The van der Waals surface area contributed by atoms with Crippen molar-refractivity contribution in [2.45, 2.75) is 109 Å². The molecule has 3 rings (SSSR count). The molecule has 0 unspecified atom stereocenters. The molecular formula is C26H43N. The lowest BCUT2D eigenvalue weighted by Gasteiger charge is -2.38. The third-order valence-electron chi connectivity index (χ3n) is 7.70. The maximum absolute atomic E-state index is 5.84. The van der Waals surface area contributed by atoms with Crippen LogP contribution in [0.15, 0.2) is 24.3 Å². The van der Waals surface area contributed by atoms with Crippen LogP contribution in [0, 0.1) is 17.8 Å². The molecule has 2 fully saturated rings. The van der Waals surface area contributed by atoms with E-state index in [0.29, 0.717) is 0 Å². The highest BCUT2D eigenvalue weighted by Crippen LogP contribution is 2.44. The fraction of sp³-hybridized carbons (Fsp3) is 0.769. The monoisotopic (exact) mass is 369 g/mol. The van der Waals surface area contributed by atoms with Crippen LogP contribution in [0.25, 0.3) is 0 Å². The molecule has 0 atom stereocenters. The van der Waals surface area contributed by atoms with Crippen molar-refractivity contribution < 1.29 is 0 Å². The molecule has 0 saturated heterocycles. The Hall–Kier alpha value is -0.980. The van der Waals surface area contributed by atoms with Gasteiger partial charge < -0.3 is 5.73 Å². The smallest absolute Gasteiger partial charge is 0.0314 e. The highest BCUT2D eigenvalue weighted by atomic mass is 14.5. The van der Waals surface area contributed by atoms with E-state index in [0.717, 1.165) is 29.4 Å². The summed E-state index contributed by atoms with van der Waals surface area (Å²) in [4.78, 5) is 0. The SMILES string of the molecule is CCCCCCCC[C@H]1CC[C@H](C2CCC(c3ccc(N)cc3)CC2)CC1. The molecular weight excluding hydrogens is 326 g/mol. The molecule has 2 N–H and O–H groups in total. The topological polar surface area (TPSA) is 26.0 Å². The zero-order valence-electron chi connectivity index (χ0n) is 17.8. The highest BCUT2D eigenvalue weighted by molar-refractivity contribution is 5.40. The molecule has 0 amide bonds. The zero-order valence-corrected chi connectivity index (χ0v) is 17.8. The Labute approximate surface area is 168 Å². The lowest BCUT2D eigenvalue weighted by molar-refractivity contribution is 0.155. The molecule has 0 spiro atoms. The fourth-order valence-corrected chi connectivity index (χ4v) is 5.85. The average molecular weight is 370 g/mol. The standard InChI is InChI=1S/C26H43N/c1-2-3-4-5-6-7-8-21-9-11-22(12-10-21)23-13-15-24(16-14-23)25-17-19-26(27)20-18-25/h17-24H,2-16,27H2,1H3/t21-,22-,23?,24?. The van der Waals surface area contributed by atoms with Gasteiger partial charge in [0.15, 0.2) is 0 Å². The van der Waals surface area contributed by atoms with Gasteiger partial charge in [-0.15, -0.1) is 0 Å². The summed E-state index contributed by atoms with van der Waals surface area (Å²) in [6.07, 6.45) is 22.0. The molecule has 1 aromatic rings. The van der Waals surface area contributed by atoms with Gasteiger partial charge in [0.25, 0.3) is 0 Å². The molecule has 1 nitrogen and oxygen atoms in total. The third-order valence-corrected chi connectivity index (χ3v) is 7.70. The summed E-state index contributed by atoms with van der Waals surface area (Å²) in [5, 5.41) is 0. The quantitative estimate of drug-likeness (QED) is 0.345. The van der Waals surface area contributed by atoms with Gasteiger partial charge in [-0.25, -0.2) is 0 Å². The lowest BCUT2D eigenvalue weighted by atomic mass is 9.68. The summed E-state index contributed by atoms with van der Waals surface area (Å²) in [7, 11) is 0. The van der Waals surface area contributed by atoms with E-state index >= 15 is 0 Å². The Kier molecular flexibility index (Phi) is 8.55. The zero-order chi connectivity index (χ0) is 18.9. The Morgan fingerprint density at radius 2 is 1.26 bits per heavy atom. The van der Waals surface area contributed by atoms with Crippen LogP contribution >= 0.6 is 0 Å². The van der Waals surface area contributed by atoms with Crippen molar-refractivity contribution >= 4 is 5.69 Å². The molecule has 27 heavy (non-hydrogen) atoms. The highest BCUT2D eigenvalue weighted by Gasteiger charge is 2.31. The molecule has 0 bridgehead atoms.